The highest BCUT2D eigenvalue weighted by atomic mass is 32.2. The highest BCUT2D eigenvalue weighted by Gasteiger charge is 2.07. The lowest BCUT2D eigenvalue weighted by Crippen LogP contribution is -2.31. The molecule has 6 nitrogen and oxygen atoms in total. The van der Waals surface area contributed by atoms with Gasteiger partial charge in [-0.05, 0) is 36.6 Å². The van der Waals surface area contributed by atoms with Gasteiger partial charge in [0.15, 0.2) is 4.34 Å². The molecule has 0 spiro atoms. The van der Waals surface area contributed by atoms with Crippen LogP contribution in [0.25, 0.3) is 10.2 Å². The summed E-state index contributed by atoms with van der Waals surface area (Å²) in [6.07, 6.45) is 2.19. The zero-order valence-corrected chi connectivity index (χ0v) is 15.7. The molecule has 0 bridgehead atoms. The lowest BCUT2D eigenvalue weighted by atomic mass is 10.3. The summed E-state index contributed by atoms with van der Waals surface area (Å²) in [7, 11) is 0. The van der Waals surface area contributed by atoms with Crippen LogP contribution in [0.1, 0.15) is 6.42 Å². The van der Waals surface area contributed by atoms with Crippen LogP contribution in [-0.4, -0.2) is 29.7 Å². The summed E-state index contributed by atoms with van der Waals surface area (Å²) in [5.41, 5.74) is 2.35. The number of carbonyl (C=O) groups excluding carboxylic acids is 2. The standard InChI is InChI=1S/C18H18N4O2S2/c1-25-18-22-14-8-7-13(11-15(14)26-18)21-17(24)19-10-9-16(23)20-12-5-3-2-4-6-12/h2-8,11H,9-10H2,1H3,(H,20,23)(H2,19,21,24). The van der Waals surface area contributed by atoms with Gasteiger partial charge in [0.05, 0.1) is 10.2 Å². The van der Waals surface area contributed by atoms with Gasteiger partial charge in [-0.15, -0.1) is 11.3 Å². The predicted molar refractivity (Wildman–Crippen MR) is 108 cm³/mol. The largest absolute Gasteiger partial charge is 0.337 e. The van der Waals surface area contributed by atoms with E-state index < -0.39 is 0 Å². The molecule has 0 fully saturated rings. The smallest absolute Gasteiger partial charge is 0.319 e. The van der Waals surface area contributed by atoms with E-state index in [0.717, 1.165) is 20.2 Å². The lowest BCUT2D eigenvalue weighted by Gasteiger charge is -2.08. The normalized spacial score (nSPS) is 10.5. The molecule has 1 aromatic heterocycles. The fraction of sp³-hybridized carbons (Fsp3) is 0.167. The number of rotatable bonds is 6. The summed E-state index contributed by atoms with van der Waals surface area (Å²) in [5.74, 6) is -0.146. The van der Waals surface area contributed by atoms with E-state index in [4.69, 9.17) is 0 Å². The molecule has 26 heavy (non-hydrogen) atoms. The highest BCUT2D eigenvalue weighted by Crippen LogP contribution is 2.29. The number of carbonyl (C=O) groups is 2. The molecule has 1 heterocycles. The molecule has 0 radical (unpaired) electrons. The quantitative estimate of drug-likeness (QED) is 0.555. The first-order valence-corrected chi connectivity index (χ1v) is 10.0. The number of benzene rings is 2. The number of hydrogen-bond acceptors (Lipinski definition) is 5. The molecule has 134 valence electrons. The molecule has 0 unspecified atom stereocenters. The summed E-state index contributed by atoms with van der Waals surface area (Å²) in [6, 6.07) is 14.5. The summed E-state index contributed by atoms with van der Waals surface area (Å²) < 4.78 is 2.01. The van der Waals surface area contributed by atoms with Crippen LogP contribution in [0.5, 0.6) is 0 Å². The number of aromatic nitrogens is 1. The van der Waals surface area contributed by atoms with Crippen molar-refractivity contribution in [1.29, 1.82) is 0 Å². The monoisotopic (exact) mass is 386 g/mol. The van der Waals surface area contributed by atoms with Crippen molar-refractivity contribution in [3.8, 4) is 0 Å². The number of thiazole rings is 1. The Morgan fingerprint density at radius 2 is 1.88 bits per heavy atom. The van der Waals surface area contributed by atoms with E-state index in [1.165, 1.54) is 0 Å². The highest BCUT2D eigenvalue weighted by molar-refractivity contribution is 8.00. The lowest BCUT2D eigenvalue weighted by molar-refractivity contribution is -0.116. The Morgan fingerprint density at radius 3 is 2.65 bits per heavy atom. The van der Waals surface area contributed by atoms with E-state index in [0.29, 0.717) is 5.69 Å². The number of amides is 3. The maximum Gasteiger partial charge on any atom is 0.319 e. The van der Waals surface area contributed by atoms with Gasteiger partial charge in [-0.25, -0.2) is 9.78 Å². The van der Waals surface area contributed by atoms with E-state index >= 15 is 0 Å². The van der Waals surface area contributed by atoms with Crippen molar-refractivity contribution in [3.63, 3.8) is 0 Å². The van der Waals surface area contributed by atoms with Crippen molar-refractivity contribution in [2.24, 2.45) is 0 Å². The van der Waals surface area contributed by atoms with Crippen molar-refractivity contribution in [3.05, 3.63) is 48.5 Å². The maximum absolute atomic E-state index is 12.0. The number of thioether (sulfide) groups is 1. The number of urea groups is 1. The molecular weight excluding hydrogens is 368 g/mol. The summed E-state index contributed by atoms with van der Waals surface area (Å²) in [5, 5.41) is 8.24. The molecule has 0 aliphatic carbocycles. The van der Waals surface area contributed by atoms with Gasteiger partial charge in [-0.3, -0.25) is 4.79 Å². The van der Waals surface area contributed by atoms with Crippen LogP contribution in [-0.2, 0) is 4.79 Å². The van der Waals surface area contributed by atoms with Crippen LogP contribution < -0.4 is 16.0 Å². The maximum atomic E-state index is 12.0. The Kier molecular flexibility index (Phi) is 6.08. The fourth-order valence-corrected chi connectivity index (χ4v) is 3.81. The number of fused-ring (bicyclic) bond motifs is 1. The first-order valence-electron chi connectivity index (χ1n) is 7.98. The van der Waals surface area contributed by atoms with E-state index in [1.807, 2.05) is 54.8 Å². The van der Waals surface area contributed by atoms with Crippen LogP contribution in [0, 0.1) is 0 Å². The van der Waals surface area contributed by atoms with Crippen molar-refractivity contribution in [1.82, 2.24) is 10.3 Å². The summed E-state index contributed by atoms with van der Waals surface area (Å²) >= 11 is 3.19. The average molecular weight is 387 g/mol. The first kappa shape index (κ1) is 18.2. The number of hydrogen-bond donors (Lipinski definition) is 3. The van der Waals surface area contributed by atoms with E-state index in [2.05, 4.69) is 20.9 Å². The minimum atomic E-state index is -0.341. The predicted octanol–water partition coefficient (Wildman–Crippen LogP) is 4.17. The third kappa shape index (κ3) is 4.96. The third-order valence-corrected chi connectivity index (χ3v) is 5.50. The number of nitrogens with one attached hydrogen (secondary N) is 3. The number of anilines is 2. The molecule has 3 aromatic rings. The Balaban J connectivity index is 1.46. The molecule has 2 aromatic carbocycles. The minimum Gasteiger partial charge on any atom is -0.337 e. The topological polar surface area (TPSA) is 83.1 Å². The van der Waals surface area contributed by atoms with Crippen molar-refractivity contribution < 1.29 is 9.59 Å². The average Bonchev–Trinajstić information content (AvgIpc) is 3.05. The third-order valence-electron chi connectivity index (χ3n) is 3.50. The van der Waals surface area contributed by atoms with Gasteiger partial charge in [0, 0.05) is 24.3 Å². The Hall–Kier alpha value is -2.58. The van der Waals surface area contributed by atoms with Crippen LogP contribution >= 0.6 is 23.1 Å². The van der Waals surface area contributed by atoms with Crippen LogP contribution in [0.3, 0.4) is 0 Å². The van der Waals surface area contributed by atoms with Gasteiger partial charge in [0.2, 0.25) is 5.91 Å². The molecular formula is C18H18N4O2S2. The van der Waals surface area contributed by atoms with Crippen LogP contribution in [0.15, 0.2) is 52.9 Å². The van der Waals surface area contributed by atoms with E-state index in [9.17, 15) is 9.59 Å². The van der Waals surface area contributed by atoms with Gasteiger partial charge < -0.3 is 16.0 Å². The second-order valence-electron chi connectivity index (χ2n) is 5.41. The molecule has 0 saturated heterocycles. The molecule has 0 atom stereocenters. The van der Waals surface area contributed by atoms with Gasteiger partial charge in [-0.1, -0.05) is 30.0 Å². The van der Waals surface area contributed by atoms with Gasteiger partial charge in [0.25, 0.3) is 0 Å². The molecule has 0 aliphatic rings. The minimum absolute atomic E-state index is 0.146. The van der Waals surface area contributed by atoms with Gasteiger partial charge >= 0.3 is 6.03 Å². The zero-order valence-electron chi connectivity index (χ0n) is 14.1. The van der Waals surface area contributed by atoms with E-state index in [-0.39, 0.29) is 24.9 Å². The number of nitrogens with zero attached hydrogens (tertiary/aromatic N) is 1. The molecule has 0 aliphatic heterocycles. The Bertz CT molecular complexity index is 912. The van der Waals surface area contributed by atoms with Crippen LogP contribution in [0.2, 0.25) is 0 Å². The second-order valence-corrected chi connectivity index (χ2v) is 7.50. The molecule has 3 rings (SSSR count). The van der Waals surface area contributed by atoms with Gasteiger partial charge in [-0.2, -0.15) is 0 Å². The van der Waals surface area contributed by atoms with E-state index in [1.54, 1.807) is 23.1 Å². The zero-order chi connectivity index (χ0) is 18.4. The van der Waals surface area contributed by atoms with Crippen molar-refractivity contribution in [2.75, 3.05) is 23.4 Å². The van der Waals surface area contributed by atoms with Gasteiger partial charge in [0.1, 0.15) is 0 Å². The van der Waals surface area contributed by atoms with Crippen molar-refractivity contribution in [2.45, 2.75) is 10.8 Å². The Morgan fingerprint density at radius 1 is 1.08 bits per heavy atom. The number of para-hydroxylation sites is 1. The van der Waals surface area contributed by atoms with Crippen LogP contribution in [0.4, 0.5) is 16.2 Å². The molecule has 3 N–H and O–H groups in total. The molecule has 8 heteroatoms. The fourth-order valence-electron chi connectivity index (χ4n) is 2.28. The molecule has 0 saturated carbocycles. The SMILES string of the molecule is CSc1nc2ccc(NC(=O)NCCC(=O)Nc3ccccc3)cc2s1. The first-order chi connectivity index (χ1) is 12.6. The summed E-state index contributed by atoms with van der Waals surface area (Å²) in [4.78, 5) is 28.3. The second kappa shape index (κ2) is 8.68. The van der Waals surface area contributed by atoms with Crippen molar-refractivity contribution >= 4 is 56.6 Å². The molecule has 3 amide bonds. The summed E-state index contributed by atoms with van der Waals surface area (Å²) in [6.45, 7) is 0.254. The Labute approximate surface area is 159 Å².